The van der Waals surface area contributed by atoms with Gasteiger partial charge in [0.2, 0.25) is 10.0 Å². The van der Waals surface area contributed by atoms with E-state index in [1.807, 2.05) is 38.4 Å². The fraction of sp³-hybridized carbons (Fsp3) is 0.292. The number of aromatic amines is 1. The minimum absolute atomic E-state index is 0.259. The van der Waals surface area contributed by atoms with E-state index in [2.05, 4.69) is 21.4 Å². The third kappa shape index (κ3) is 4.09. The standard InChI is InChI=1S/C24H28N4O3S/c1-16-13-20-22-19(17-7-5-8-18(14-17)32(29,30)28(3)4)9-10-21(31-12-6-11-25-2)23(22)27-24(20)26-15-16/h5,7-10,13-15,25H,6,11-12H2,1-4H3,(H,26,27). The topological polar surface area (TPSA) is 87.3 Å². The molecule has 32 heavy (non-hydrogen) atoms. The molecular formula is C24H28N4O3S. The molecule has 0 fully saturated rings. The predicted octanol–water partition coefficient (Wildman–Crippen LogP) is 3.93. The van der Waals surface area contributed by atoms with E-state index in [1.165, 1.54) is 18.4 Å². The average molecular weight is 453 g/mol. The molecule has 0 saturated heterocycles. The first-order chi connectivity index (χ1) is 15.3. The molecule has 2 N–H and O–H groups in total. The summed E-state index contributed by atoms with van der Waals surface area (Å²) in [7, 11) is 1.45. The summed E-state index contributed by atoms with van der Waals surface area (Å²) in [5.41, 5.74) is 4.43. The summed E-state index contributed by atoms with van der Waals surface area (Å²) in [5.74, 6) is 0.757. The average Bonchev–Trinajstić information content (AvgIpc) is 3.15. The van der Waals surface area contributed by atoms with Crippen LogP contribution in [0, 0.1) is 6.92 Å². The molecule has 8 heteroatoms. The van der Waals surface area contributed by atoms with Gasteiger partial charge in [0, 0.05) is 31.1 Å². The van der Waals surface area contributed by atoms with Crippen molar-refractivity contribution in [3.63, 3.8) is 0 Å². The van der Waals surface area contributed by atoms with Gasteiger partial charge in [0.15, 0.2) is 0 Å². The molecule has 2 heterocycles. The predicted molar refractivity (Wildman–Crippen MR) is 129 cm³/mol. The van der Waals surface area contributed by atoms with Crippen molar-refractivity contribution in [1.29, 1.82) is 0 Å². The first-order valence-electron chi connectivity index (χ1n) is 10.5. The highest BCUT2D eigenvalue weighted by Crippen LogP contribution is 2.39. The summed E-state index contributed by atoms with van der Waals surface area (Å²) in [4.78, 5) is 8.23. The summed E-state index contributed by atoms with van der Waals surface area (Å²) in [6.45, 7) is 3.48. The Labute approximate surface area is 188 Å². The van der Waals surface area contributed by atoms with E-state index in [0.717, 1.165) is 57.3 Å². The molecule has 0 aliphatic carbocycles. The molecule has 0 saturated carbocycles. The van der Waals surface area contributed by atoms with E-state index in [4.69, 9.17) is 4.74 Å². The molecule has 4 aromatic rings. The molecule has 168 valence electrons. The van der Waals surface area contributed by atoms with E-state index in [9.17, 15) is 8.42 Å². The highest BCUT2D eigenvalue weighted by atomic mass is 32.2. The number of hydrogen-bond donors (Lipinski definition) is 2. The highest BCUT2D eigenvalue weighted by Gasteiger charge is 2.20. The summed E-state index contributed by atoms with van der Waals surface area (Å²) in [6.07, 6.45) is 2.72. The minimum Gasteiger partial charge on any atom is -0.491 e. The summed E-state index contributed by atoms with van der Waals surface area (Å²) >= 11 is 0. The fourth-order valence-electron chi connectivity index (χ4n) is 3.79. The second-order valence-electron chi connectivity index (χ2n) is 8.02. The van der Waals surface area contributed by atoms with Gasteiger partial charge in [-0.1, -0.05) is 12.1 Å². The number of aromatic nitrogens is 2. The van der Waals surface area contributed by atoms with Gasteiger partial charge in [-0.15, -0.1) is 0 Å². The molecule has 0 aliphatic heterocycles. The Kier molecular flexibility index (Phi) is 6.19. The van der Waals surface area contributed by atoms with Crippen LogP contribution in [0.2, 0.25) is 0 Å². The molecule has 7 nitrogen and oxygen atoms in total. The van der Waals surface area contributed by atoms with Crippen molar-refractivity contribution in [2.24, 2.45) is 0 Å². The van der Waals surface area contributed by atoms with Gasteiger partial charge in [-0.2, -0.15) is 0 Å². The van der Waals surface area contributed by atoms with Gasteiger partial charge in [-0.3, -0.25) is 0 Å². The largest absolute Gasteiger partial charge is 0.491 e. The smallest absolute Gasteiger partial charge is 0.242 e. The van der Waals surface area contributed by atoms with Crippen LogP contribution >= 0.6 is 0 Å². The second kappa shape index (κ2) is 8.90. The first-order valence-corrected chi connectivity index (χ1v) is 12.0. The maximum atomic E-state index is 12.7. The SMILES string of the molecule is CNCCCOc1ccc(-c2cccc(S(=O)(=O)N(C)C)c2)c2c1[nH]c1ncc(C)cc12. The van der Waals surface area contributed by atoms with Gasteiger partial charge >= 0.3 is 0 Å². The van der Waals surface area contributed by atoms with Crippen LogP contribution in [0.25, 0.3) is 33.1 Å². The third-order valence-electron chi connectivity index (χ3n) is 5.46. The van der Waals surface area contributed by atoms with E-state index in [1.54, 1.807) is 18.2 Å². The van der Waals surface area contributed by atoms with E-state index in [0.29, 0.717) is 6.61 Å². The van der Waals surface area contributed by atoms with Crippen LogP contribution in [0.1, 0.15) is 12.0 Å². The van der Waals surface area contributed by atoms with E-state index >= 15 is 0 Å². The molecule has 0 atom stereocenters. The summed E-state index contributed by atoms with van der Waals surface area (Å²) in [6, 6.07) is 13.1. The Morgan fingerprint density at radius 1 is 1.16 bits per heavy atom. The zero-order chi connectivity index (χ0) is 22.9. The van der Waals surface area contributed by atoms with Crippen LogP contribution in [0.4, 0.5) is 0 Å². The molecule has 0 bridgehead atoms. The number of ether oxygens (including phenoxy) is 1. The Morgan fingerprint density at radius 2 is 1.97 bits per heavy atom. The van der Waals surface area contributed by atoms with Gasteiger partial charge in [0.05, 0.1) is 17.0 Å². The molecule has 0 amide bonds. The summed E-state index contributed by atoms with van der Waals surface area (Å²) < 4.78 is 32.7. The number of fused-ring (bicyclic) bond motifs is 3. The van der Waals surface area contributed by atoms with E-state index < -0.39 is 10.0 Å². The molecule has 0 spiro atoms. The number of benzene rings is 2. The molecule has 4 rings (SSSR count). The third-order valence-corrected chi connectivity index (χ3v) is 7.27. The number of H-pyrrole nitrogens is 1. The van der Waals surface area contributed by atoms with Crippen molar-refractivity contribution in [2.45, 2.75) is 18.2 Å². The highest BCUT2D eigenvalue weighted by molar-refractivity contribution is 7.89. The maximum Gasteiger partial charge on any atom is 0.242 e. The van der Waals surface area contributed by atoms with Crippen molar-refractivity contribution in [3.05, 3.63) is 54.2 Å². The van der Waals surface area contributed by atoms with Crippen molar-refractivity contribution in [2.75, 3.05) is 34.3 Å². The van der Waals surface area contributed by atoms with Crippen LogP contribution < -0.4 is 10.1 Å². The van der Waals surface area contributed by atoms with E-state index in [-0.39, 0.29) is 4.90 Å². The van der Waals surface area contributed by atoms with Crippen LogP contribution in [-0.2, 0) is 10.0 Å². The summed E-state index contributed by atoms with van der Waals surface area (Å²) in [5, 5.41) is 5.08. The van der Waals surface area contributed by atoms with Crippen molar-refractivity contribution in [1.82, 2.24) is 19.6 Å². The Hall–Kier alpha value is -2.94. The Balaban J connectivity index is 1.91. The molecule has 2 aromatic carbocycles. The number of rotatable bonds is 8. The van der Waals surface area contributed by atoms with Crippen LogP contribution in [-0.4, -0.2) is 57.0 Å². The number of aryl methyl sites for hydroxylation is 1. The van der Waals surface area contributed by atoms with Crippen molar-refractivity contribution >= 4 is 32.0 Å². The first kappa shape index (κ1) is 22.3. The maximum absolute atomic E-state index is 12.7. The van der Waals surface area contributed by atoms with Crippen LogP contribution in [0.5, 0.6) is 5.75 Å². The van der Waals surface area contributed by atoms with Crippen molar-refractivity contribution in [3.8, 4) is 16.9 Å². The lowest BCUT2D eigenvalue weighted by atomic mass is 9.99. The molecule has 0 radical (unpaired) electrons. The molecule has 0 aliphatic rings. The number of pyridine rings is 1. The molecule has 0 unspecified atom stereocenters. The number of nitrogens with one attached hydrogen (secondary N) is 2. The Morgan fingerprint density at radius 3 is 2.72 bits per heavy atom. The van der Waals surface area contributed by atoms with Gasteiger partial charge in [-0.05, 0) is 74.0 Å². The van der Waals surface area contributed by atoms with Gasteiger partial charge in [-0.25, -0.2) is 17.7 Å². The molecule has 2 aromatic heterocycles. The lowest BCUT2D eigenvalue weighted by molar-refractivity contribution is 0.313. The van der Waals surface area contributed by atoms with Gasteiger partial charge < -0.3 is 15.0 Å². The van der Waals surface area contributed by atoms with Gasteiger partial charge in [0.1, 0.15) is 11.4 Å². The molecular weight excluding hydrogens is 424 g/mol. The normalized spacial score (nSPS) is 12.2. The fourth-order valence-corrected chi connectivity index (χ4v) is 4.74. The Bertz CT molecular complexity index is 1380. The van der Waals surface area contributed by atoms with Crippen LogP contribution in [0.15, 0.2) is 53.6 Å². The zero-order valence-electron chi connectivity index (χ0n) is 18.8. The quantitative estimate of drug-likeness (QED) is 0.396. The van der Waals surface area contributed by atoms with Crippen LogP contribution in [0.3, 0.4) is 0 Å². The second-order valence-corrected chi connectivity index (χ2v) is 10.2. The zero-order valence-corrected chi connectivity index (χ0v) is 19.6. The minimum atomic E-state index is -3.54. The number of nitrogens with zero attached hydrogens (tertiary/aromatic N) is 2. The van der Waals surface area contributed by atoms with Gasteiger partial charge in [0.25, 0.3) is 0 Å². The van der Waals surface area contributed by atoms with Crippen molar-refractivity contribution < 1.29 is 13.2 Å². The monoisotopic (exact) mass is 452 g/mol. The number of sulfonamides is 1. The number of hydrogen-bond acceptors (Lipinski definition) is 5. The lowest BCUT2D eigenvalue weighted by Gasteiger charge is -2.14. The lowest BCUT2D eigenvalue weighted by Crippen LogP contribution is -2.22.